The first kappa shape index (κ1) is 73.8. The van der Waals surface area contributed by atoms with Gasteiger partial charge in [-0.1, -0.05) is 286 Å². The Morgan fingerprint density at radius 2 is 0.506 bits per heavy atom. The van der Waals surface area contributed by atoms with Crippen LogP contribution in [0.25, 0.3) is 0 Å². The SMILES string of the molecule is CC/C=C\C/C=C\C/C=C\CCCCCC(=O)OCC(COC(=O)CCCCCCCCCCCCCCCCCCCCC/C=C\C/C=C\CCCCCCC)OC(=O)CCCCCCC/C=C\CCCCCCCC. The third kappa shape index (κ3) is 63.6. The normalized spacial score (nSPS) is 12.5. The minimum absolute atomic E-state index is 0.0853. The highest BCUT2D eigenvalue weighted by Gasteiger charge is 2.19. The Morgan fingerprint density at radius 1 is 0.273 bits per heavy atom. The van der Waals surface area contributed by atoms with Gasteiger partial charge in [-0.2, -0.15) is 0 Å². The van der Waals surface area contributed by atoms with Gasteiger partial charge in [0.2, 0.25) is 0 Å². The van der Waals surface area contributed by atoms with Crippen LogP contribution in [0.1, 0.15) is 342 Å². The molecule has 0 spiro atoms. The van der Waals surface area contributed by atoms with Gasteiger partial charge in [0.15, 0.2) is 6.10 Å². The van der Waals surface area contributed by atoms with Gasteiger partial charge in [-0.15, -0.1) is 0 Å². The Hall–Kier alpha value is -3.15. The molecule has 0 amide bonds. The molecule has 0 saturated carbocycles. The van der Waals surface area contributed by atoms with Gasteiger partial charge in [-0.25, -0.2) is 0 Å². The molecule has 0 radical (unpaired) electrons. The molecule has 0 saturated heterocycles. The maximum atomic E-state index is 12.9. The van der Waals surface area contributed by atoms with Crippen molar-refractivity contribution in [2.24, 2.45) is 0 Å². The fourth-order valence-electron chi connectivity index (χ4n) is 9.66. The van der Waals surface area contributed by atoms with Crippen LogP contribution >= 0.6 is 0 Å². The molecule has 0 heterocycles. The zero-order valence-corrected chi connectivity index (χ0v) is 51.2. The van der Waals surface area contributed by atoms with Crippen molar-refractivity contribution in [3.8, 4) is 0 Å². The number of carbonyl (C=O) groups excluding carboxylic acids is 3. The molecular weight excluding hydrogens is 949 g/mol. The first-order chi connectivity index (χ1) is 38.0. The molecule has 0 aromatic carbocycles. The number of hydrogen-bond donors (Lipinski definition) is 0. The van der Waals surface area contributed by atoms with Gasteiger partial charge in [0, 0.05) is 19.3 Å². The molecule has 446 valence electrons. The monoisotopic (exact) mass is 1070 g/mol. The van der Waals surface area contributed by atoms with E-state index in [1.54, 1.807) is 0 Å². The third-order valence-corrected chi connectivity index (χ3v) is 14.7. The van der Waals surface area contributed by atoms with E-state index in [-0.39, 0.29) is 31.1 Å². The summed E-state index contributed by atoms with van der Waals surface area (Å²) in [5.74, 6) is -0.910. The van der Waals surface area contributed by atoms with E-state index >= 15 is 0 Å². The van der Waals surface area contributed by atoms with Crippen molar-refractivity contribution < 1.29 is 28.6 Å². The first-order valence-corrected chi connectivity index (χ1v) is 33.4. The van der Waals surface area contributed by atoms with E-state index in [1.165, 1.54) is 199 Å². The second kappa shape index (κ2) is 65.4. The van der Waals surface area contributed by atoms with Crippen LogP contribution in [0.15, 0.2) is 72.9 Å². The number of carbonyl (C=O) groups is 3. The lowest BCUT2D eigenvalue weighted by Crippen LogP contribution is -2.30. The Morgan fingerprint density at radius 3 is 0.818 bits per heavy atom. The molecule has 1 unspecified atom stereocenters. The van der Waals surface area contributed by atoms with Gasteiger partial charge < -0.3 is 14.2 Å². The maximum absolute atomic E-state index is 12.9. The van der Waals surface area contributed by atoms with Gasteiger partial charge >= 0.3 is 17.9 Å². The average Bonchev–Trinajstić information content (AvgIpc) is 3.43. The van der Waals surface area contributed by atoms with E-state index in [0.29, 0.717) is 19.3 Å². The van der Waals surface area contributed by atoms with Crippen LogP contribution in [0.4, 0.5) is 0 Å². The van der Waals surface area contributed by atoms with E-state index in [4.69, 9.17) is 14.2 Å². The summed E-state index contributed by atoms with van der Waals surface area (Å²) in [6.45, 7) is 6.51. The Kier molecular flexibility index (Phi) is 62.7. The minimum atomic E-state index is -0.791. The van der Waals surface area contributed by atoms with E-state index in [9.17, 15) is 14.4 Å². The van der Waals surface area contributed by atoms with Crippen molar-refractivity contribution in [2.75, 3.05) is 13.2 Å². The van der Waals surface area contributed by atoms with Crippen molar-refractivity contribution in [1.82, 2.24) is 0 Å². The molecule has 1 atom stereocenters. The molecule has 0 rings (SSSR count). The van der Waals surface area contributed by atoms with Crippen molar-refractivity contribution >= 4 is 17.9 Å². The molecule has 0 aliphatic carbocycles. The van der Waals surface area contributed by atoms with Crippen LogP contribution in [0.3, 0.4) is 0 Å². The zero-order valence-electron chi connectivity index (χ0n) is 51.2. The standard InChI is InChI=1S/C71H126O6/c1-4-7-10-13-16-19-22-25-27-28-29-30-31-32-33-34-35-36-37-38-39-40-41-42-44-46-49-52-55-58-61-64-70(73)76-67-68(66-75-69(72)63-60-57-54-51-48-45-24-21-18-15-12-9-6-3)77-71(74)65-62-59-56-53-50-47-43-26-23-20-17-14-11-8-5-2/h9,12,18,21-22,25-26,28-29,43,45,48,68H,4-8,10-11,13-17,19-20,23-24,27,30-42,44,46-47,49-67H2,1-3H3/b12-9-,21-18-,25-22-,29-28-,43-26-,48-45-. The lowest BCUT2D eigenvalue weighted by atomic mass is 10.0. The highest BCUT2D eigenvalue weighted by Crippen LogP contribution is 2.17. The number of hydrogen-bond acceptors (Lipinski definition) is 6. The van der Waals surface area contributed by atoms with E-state index in [0.717, 1.165) is 103 Å². The fraction of sp³-hybridized carbons (Fsp3) is 0.789. The van der Waals surface area contributed by atoms with Crippen LogP contribution in [0, 0.1) is 0 Å². The molecule has 0 fully saturated rings. The van der Waals surface area contributed by atoms with E-state index in [2.05, 4.69) is 93.7 Å². The number of rotatable bonds is 61. The van der Waals surface area contributed by atoms with Gasteiger partial charge in [0.05, 0.1) is 0 Å². The van der Waals surface area contributed by atoms with Crippen LogP contribution in [0.2, 0.25) is 0 Å². The van der Waals surface area contributed by atoms with Crippen molar-refractivity contribution in [2.45, 2.75) is 348 Å². The van der Waals surface area contributed by atoms with Crippen LogP contribution in [-0.4, -0.2) is 37.2 Å². The molecule has 0 bridgehead atoms. The summed E-state index contributed by atoms with van der Waals surface area (Å²) >= 11 is 0. The quantitative estimate of drug-likeness (QED) is 0.0261. The summed E-state index contributed by atoms with van der Waals surface area (Å²) in [4.78, 5) is 38.3. The van der Waals surface area contributed by atoms with Crippen LogP contribution in [0.5, 0.6) is 0 Å². The number of esters is 3. The van der Waals surface area contributed by atoms with Crippen molar-refractivity contribution in [3.05, 3.63) is 72.9 Å². The van der Waals surface area contributed by atoms with E-state index < -0.39 is 6.10 Å². The van der Waals surface area contributed by atoms with Gasteiger partial charge in [0.1, 0.15) is 13.2 Å². The van der Waals surface area contributed by atoms with Crippen molar-refractivity contribution in [3.63, 3.8) is 0 Å². The van der Waals surface area contributed by atoms with Crippen molar-refractivity contribution in [1.29, 1.82) is 0 Å². The molecule has 0 aromatic rings. The summed E-state index contributed by atoms with van der Waals surface area (Å²) in [5, 5.41) is 0. The Balaban J connectivity index is 4.16. The second-order valence-electron chi connectivity index (χ2n) is 22.3. The van der Waals surface area contributed by atoms with Gasteiger partial charge in [0.25, 0.3) is 0 Å². The van der Waals surface area contributed by atoms with Gasteiger partial charge in [-0.3, -0.25) is 14.4 Å². The Bertz CT molecular complexity index is 1420. The predicted octanol–water partition coefficient (Wildman–Crippen LogP) is 22.9. The molecule has 77 heavy (non-hydrogen) atoms. The number of ether oxygens (including phenoxy) is 3. The maximum Gasteiger partial charge on any atom is 0.306 e. The summed E-state index contributed by atoms with van der Waals surface area (Å²) in [6.07, 6.45) is 85.1. The smallest absolute Gasteiger partial charge is 0.306 e. The zero-order chi connectivity index (χ0) is 55.7. The fourth-order valence-corrected chi connectivity index (χ4v) is 9.66. The molecule has 0 aromatic heterocycles. The van der Waals surface area contributed by atoms with E-state index in [1.807, 2.05) is 0 Å². The number of allylic oxidation sites excluding steroid dienone is 12. The largest absolute Gasteiger partial charge is 0.462 e. The highest BCUT2D eigenvalue weighted by molar-refractivity contribution is 5.71. The first-order valence-electron chi connectivity index (χ1n) is 33.4. The summed E-state index contributed by atoms with van der Waals surface area (Å²) in [6, 6.07) is 0. The third-order valence-electron chi connectivity index (χ3n) is 14.7. The molecule has 0 aliphatic rings. The Labute approximate surface area is 478 Å². The van der Waals surface area contributed by atoms with Crippen LogP contribution in [-0.2, 0) is 28.6 Å². The lowest BCUT2D eigenvalue weighted by molar-refractivity contribution is -0.167. The summed E-state index contributed by atoms with van der Waals surface area (Å²) in [5.41, 5.74) is 0. The summed E-state index contributed by atoms with van der Waals surface area (Å²) < 4.78 is 16.9. The molecule has 0 N–H and O–H groups in total. The van der Waals surface area contributed by atoms with Crippen LogP contribution < -0.4 is 0 Å². The summed E-state index contributed by atoms with van der Waals surface area (Å²) in [7, 11) is 0. The minimum Gasteiger partial charge on any atom is -0.462 e. The lowest BCUT2D eigenvalue weighted by Gasteiger charge is -2.18. The predicted molar refractivity (Wildman–Crippen MR) is 335 cm³/mol. The average molecular weight is 1080 g/mol. The molecule has 0 aliphatic heterocycles. The van der Waals surface area contributed by atoms with Gasteiger partial charge in [-0.05, 0) is 109 Å². The molecule has 6 heteroatoms. The topological polar surface area (TPSA) is 78.9 Å². The highest BCUT2D eigenvalue weighted by atomic mass is 16.6. The molecule has 6 nitrogen and oxygen atoms in total. The number of unbranched alkanes of at least 4 members (excludes halogenated alkanes) is 38. The second-order valence-corrected chi connectivity index (χ2v) is 22.3. The molecular formula is C71H126O6.